The molecule has 116 valence electrons. The minimum absolute atomic E-state index is 0.146. The van der Waals surface area contributed by atoms with Crippen LogP contribution in [0.2, 0.25) is 0 Å². The summed E-state index contributed by atoms with van der Waals surface area (Å²) in [5.74, 6) is -1.09. The standard InChI is InChI=1S/C13H9F3N2O4/c1-2-22-7-8(6-17)12(19)10-4-3-9(13(14,15)16)5-11(10)18(20)21/h3-5,7H,2H2,1H3. The molecule has 1 rings (SSSR count). The van der Waals surface area contributed by atoms with Gasteiger partial charge in [0.05, 0.1) is 17.1 Å². The van der Waals surface area contributed by atoms with Gasteiger partial charge < -0.3 is 4.74 Å². The summed E-state index contributed by atoms with van der Waals surface area (Å²) in [6, 6.07) is 2.95. The monoisotopic (exact) mass is 314 g/mol. The minimum atomic E-state index is -4.79. The van der Waals surface area contributed by atoms with Gasteiger partial charge in [-0.15, -0.1) is 0 Å². The molecular formula is C13H9F3N2O4. The van der Waals surface area contributed by atoms with Gasteiger partial charge in [-0.3, -0.25) is 14.9 Å². The first-order valence-electron chi connectivity index (χ1n) is 5.84. The normalized spacial score (nSPS) is 11.7. The van der Waals surface area contributed by atoms with E-state index in [1.807, 2.05) is 0 Å². The second-order valence-electron chi connectivity index (χ2n) is 3.91. The summed E-state index contributed by atoms with van der Waals surface area (Å²) in [6.45, 7) is 1.73. The predicted molar refractivity (Wildman–Crippen MR) is 67.8 cm³/mol. The Morgan fingerprint density at radius 2 is 2.14 bits per heavy atom. The molecule has 1 aromatic carbocycles. The number of ketones is 1. The Morgan fingerprint density at radius 3 is 2.59 bits per heavy atom. The summed E-state index contributed by atoms with van der Waals surface area (Å²) >= 11 is 0. The Balaban J connectivity index is 3.39. The van der Waals surface area contributed by atoms with Crippen LogP contribution < -0.4 is 0 Å². The van der Waals surface area contributed by atoms with E-state index >= 15 is 0 Å². The zero-order valence-corrected chi connectivity index (χ0v) is 11.2. The smallest absolute Gasteiger partial charge is 0.416 e. The number of nitriles is 1. The average Bonchev–Trinajstić information content (AvgIpc) is 2.46. The largest absolute Gasteiger partial charge is 0.500 e. The molecule has 0 aliphatic carbocycles. The van der Waals surface area contributed by atoms with Crippen LogP contribution in [0.25, 0.3) is 0 Å². The van der Waals surface area contributed by atoms with Gasteiger partial charge in [-0.2, -0.15) is 18.4 Å². The number of Topliss-reactive ketones (excluding diaryl/α,β-unsaturated/α-hetero) is 1. The zero-order valence-electron chi connectivity index (χ0n) is 11.2. The molecule has 0 fully saturated rings. The molecule has 0 aliphatic rings. The number of nitro groups is 1. The molecule has 0 saturated carbocycles. The molecular weight excluding hydrogens is 305 g/mol. The van der Waals surface area contributed by atoms with Crippen LogP contribution in [0.4, 0.5) is 18.9 Å². The topological polar surface area (TPSA) is 93.2 Å². The van der Waals surface area contributed by atoms with Crippen molar-refractivity contribution in [2.24, 2.45) is 0 Å². The number of carbonyl (C=O) groups is 1. The van der Waals surface area contributed by atoms with Crippen LogP contribution in [-0.2, 0) is 10.9 Å². The molecule has 0 aliphatic heterocycles. The highest BCUT2D eigenvalue weighted by Gasteiger charge is 2.34. The molecule has 0 spiro atoms. The Bertz CT molecular complexity index is 675. The molecule has 1 aromatic rings. The lowest BCUT2D eigenvalue weighted by Crippen LogP contribution is -2.10. The van der Waals surface area contributed by atoms with Crippen molar-refractivity contribution in [1.82, 2.24) is 0 Å². The number of carbonyl (C=O) groups excluding carboxylic acids is 1. The number of hydrogen-bond donors (Lipinski definition) is 0. The van der Waals surface area contributed by atoms with Crippen LogP contribution in [0.5, 0.6) is 0 Å². The quantitative estimate of drug-likeness (QED) is 0.208. The summed E-state index contributed by atoms with van der Waals surface area (Å²) in [5, 5.41) is 19.7. The maximum atomic E-state index is 12.6. The van der Waals surface area contributed by atoms with E-state index in [0.717, 1.165) is 6.26 Å². The lowest BCUT2D eigenvalue weighted by Gasteiger charge is -2.08. The fourth-order valence-corrected chi connectivity index (χ4v) is 1.49. The number of nitrogens with zero attached hydrogens (tertiary/aromatic N) is 2. The highest BCUT2D eigenvalue weighted by atomic mass is 19.4. The molecule has 0 N–H and O–H groups in total. The lowest BCUT2D eigenvalue weighted by molar-refractivity contribution is -0.385. The van der Waals surface area contributed by atoms with Crippen LogP contribution in [0, 0.1) is 21.4 Å². The van der Waals surface area contributed by atoms with E-state index in [2.05, 4.69) is 0 Å². The lowest BCUT2D eigenvalue weighted by atomic mass is 10.0. The summed E-state index contributed by atoms with van der Waals surface area (Å²) in [7, 11) is 0. The van der Waals surface area contributed by atoms with E-state index in [0.29, 0.717) is 12.1 Å². The van der Waals surface area contributed by atoms with E-state index < -0.39 is 39.3 Å². The van der Waals surface area contributed by atoms with E-state index in [-0.39, 0.29) is 12.7 Å². The first-order valence-corrected chi connectivity index (χ1v) is 5.84. The van der Waals surface area contributed by atoms with E-state index in [9.17, 15) is 28.1 Å². The van der Waals surface area contributed by atoms with Gasteiger partial charge in [0.1, 0.15) is 23.5 Å². The van der Waals surface area contributed by atoms with Gasteiger partial charge >= 0.3 is 6.18 Å². The van der Waals surface area contributed by atoms with Gasteiger partial charge in [0.25, 0.3) is 5.69 Å². The van der Waals surface area contributed by atoms with Gasteiger partial charge in [0, 0.05) is 6.07 Å². The number of benzene rings is 1. The van der Waals surface area contributed by atoms with Gasteiger partial charge in [-0.1, -0.05) is 0 Å². The maximum Gasteiger partial charge on any atom is 0.416 e. The highest BCUT2D eigenvalue weighted by Crippen LogP contribution is 2.33. The third-order valence-electron chi connectivity index (χ3n) is 2.50. The number of nitro benzene ring substituents is 1. The number of alkyl halides is 3. The van der Waals surface area contributed by atoms with E-state index in [1.54, 1.807) is 6.92 Å². The van der Waals surface area contributed by atoms with Crippen molar-refractivity contribution in [1.29, 1.82) is 5.26 Å². The molecule has 0 unspecified atom stereocenters. The second kappa shape index (κ2) is 6.71. The number of allylic oxidation sites excluding steroid dienone is 1. The molecule has 9 heteroatoms. The molecule has 6 nitrogen and oxygen atoms in total. The van der Waals surface area contributed by atoms with Crippen LogP contribution in [-0.4, -0.2) is 17.3 Å². The van der Waals surface area contributed by atoms with Crippen molar-refractivity contribution in [2.45, 2.75) is 13.1 Å². The summed E-state index contributed by atoms with van der Waals surface area (Å²) in [6.07, 6.45) is -3.98. The Hall–Kier alpha value is -2.89. The van der Waals surface area contributed by atoms with Crippen molar-refractivity contribution in [3.63, 3.8) is 0 Å². The van der Waals surface area contributed by atoms with Crippen LogP contribution >= 0.6 is 0 Å². The molecule has 0 amide bonds. The van der Waals surface area contributed by atoms with Gasteiger partial charge in [0.15, 0.2) is 0 Å². The number of ether oxygens (including phenoxy) is 1. The van der Waals surface area contributed by atoms with Crippen LogP contribution in [0.3, 0.4) is 0 Å². The number of hydrogen-bond acceptors (Lipinski definition) is 5. The van der Waals surface area contributed by atoms with Crippen molar-refractivity contribution in [2.75, 3.05) is 6.61 Å². The minimum Gasteiger partial charge on any atom is -0.500 e. The fraction of sp³-hybridized carbons (Fsp3) is 0.231. The van der Waals surface area contributed by atoms with Crippen molar-refractivity contribution < 1.29 is 27.6 Å². The van der Waals surface area contributed by atoms with Gasteiger partial charge in [0.2, 0.25) is 5.78 Å². The third-order valence-corrected chi connectivity index (χ3v) is 2.50. The Morgan fingerprint density at radius 1 is 1.50 bits per heavy atom. The van der Waals surface area contributed by atoms with Gasteiger partial charge in [-0.25, -0.2) is 0 Å². The molecule has 0 bridgehead atoms. The molecule has 22 heavy (non-hydrogen) atoms. The first-order chi connectivity index (χ1) is 10.2. The van der Waals surface area contributed by atoms with Crippen LogP contribution in [0.15, 0.2) is 30.0 Å². The number of halogens is 3. The third kappa shape index (κ3) is 3.82. The van der Waals surface area contributed by atoms with E-state index in [1.165, 1.54) is 6.07 Å². The molecule has 0 saturated heterocycles. The van der Waals surface area contributed by atoms with Crippen molar-refractivity contribution in [3.8, 4) is 6.07 Å². The number of rotatable bonds is 5. The average molecular weight is 314 g/mol. The Kier molecular flexibility index (Phi) is 5.23. The maximum absolute atomic E-state index is 12.6. The van der Waals surface area contributed by atoms with Crippen LogP contribution in [0.1, 0.15) is 22.8 Å². The zero-order chi connectivity index (χ0) is 16.9. The first kappa shape index (κ1) is 17.2. The van der Waals surface area contributed by atoms with Crippen molar-refractivity contribution in [3.05, 3.63) is 51.3 Å². The second-order valence-corrected chi connectivity index (χ2v) is 3.91. The van der Waals surface area contributed by atoms with Crippen molar-refractivity contribution >= 4 is 11.5 Å². The highest BCUT2D eigenvalue weighted by molar-refractivity contribution is 6.13. The molecule has 0 radical (unpaired) electrons. The Labute approximate surface area is 122 Å². The fourth-order valence-electron chi connectivity index (χ4n) is 1.49. The summed E-state index contributed by atoms with van der Waals surface area (Å²) < 4.78 is 42.4. The molecule has 0 heterocycles. The summed E-state index contributed by atoms with van der Waals surface area (Å²) in [5.41, 5.74) is -3.46. The van der Waals surface area contributed by atoms with E-state index in [4.69, 9.17) is 10.00 Å². The SMILES string of the molecule is CCOC=C(C#N)C(=O)c1ccc(C(F)(F)F)cc1[N+](=O)[O-]. The predicted octanol–water partition coefficient (Wildman–Crippen LogP) is 3.24. The summed E-state index contributed by atoms with van der Waals surface area (Å²) in [4.78, 5) is 21.8. The van der Waals surface area contributed by atoms with Gasteiger partial charge in [-0.05, 0) is 19.1 Å². The molecule has 0 atom stereocenters. The molecule has 0 aromatic heterocycles.